The first-order chi connectivity index (χ1) is 14.8. The second-order valence-electron chi connectivity index (χ2n) is 7.44. The summed E-state index contributed by atoms with van der Waals surface area (Å²) in [5, 5.41) is 17.1. The molecule has 2 aromatic heterocycles. The monoisotopic (exact) mass is 420 g/mol. The van der Waals surface area contributed by atoms with Crippen LogP contribution in [0.5, 0.6) is 0 Å². The van der Waals surface area contributed by atoms with Crippen LogP contribution in [0, 0.1) is 19.7 Å². The van der Waals surface area contributed by atoms with Crippen molar-refractivity contribution in [2.45, 2.75) is 26.8 Å². The number of nitrogens with zero attached hydrogens (tertiary/aromatic N) is 2. The van der Waals surface area contributed by atoms with Crippen molar-refractivity contribution in [2.75, 3.05) is 5.32 Å². The van der Waals surface area contributed by atoms with Crippen LogP contribution in [0.1, 0.15) is 33.0 Å². The highest BCUT2D eigenvalue weighted by Crippen LogP contribution is 2.19. The molecule has 3 N–H and O–H groups in total. The van der Waals surface area contributed by atoms with E-state index in [1.807, 2.05) is 19.1 Å². The number of aliphatic carboxylic acids is 1. The van der Waals surface area contributed by atoms with E-state index < -0.39 is 5.97 Å². The van der Waals surface area contributed by atoms with Crippen molar-refractivity contribution >= 4 is 28.5 Å². The Kier molecular flexibility index (Phi) is 5.29. The minimum Gasteiger partial charge on any atom is -0.481 e. The molecular formula is C23H21FN4O3. The van der Waals surface area contributed by atoms with Crippen LogP contribution >= 0.6 is 0 Å². The van der Waals surface area contributed by atoms with Gasteiger partial charge in [0.25, 0.3) is 5.91 Å². The van der Waals surface area contributed by atoms with Gasteiger partial charge in [0.15, 0.2) is 0 Å². The number of rotatable bonds is 6. The maximum Gasteiger partial charge on any atom is 0.307 e. The van der Waals surface area contributed by atoms with Crippen LogP contribution in [0.25, 0.3) is 10.9 Å². The molecule has 0 saturated heterocycles. The van der Waals surface area contributed by atoms with E-state index in [0.717, 1.165) is 22.2 Å². The van der Waals surface area contributed by atoms with Gasteiger partial charge in [-0.1, -0.05) is 12.1 Å². The van der Waals surface area contributed by atoms with Gasteiger partial charge in [0, 0.05) is 27.8 Å². The number of nitrogens with one attached hydrogen (secondary N) is 2. The van der Waals surface area contributed by atoms with Gasteiger partial charge in [0.2, 0.25) is 0 Å². The fraction of sp³-hybridized carbons (Fsp3) is 0.174. The van der Waals surface area contributed by atoms with Gasteiger partial charge >= 0.3 is 5.97 Å². The number of hydrogen-bond donors (Lipinski definition) is 3. The third-order valence-electron chi connectivity index (χ3n) is 5.23. The molecule has 158 valence electrons. The summed E-state index contributed by atoms with van der Waals surface area (Å²) >= 11 is 0. The molecule has 2 aromatic carbocycles. The van der Waals surface area contributed by atoms with E-state index in [2.05, 4.69) is 15.4 Å². The third-order valence-corrected chi connectivity index (χ3v) is 5.23. The van der Waals surface area contributed by atoms with Gasteiger partial charge in [-0.3, -0.25) is 14.3 Å². The molecule has 2 heterocycles. The van der Waals surface area contributed by atoms with Crippen LogP contribution < -0.4 is 5.32 Å². The lowest BCUT2D eigenvalue weighted by atomic mass is 10.1. The Labute approximate surface area is 177 Å². The fourth-order valence-electron chi connectivity index (χ4n) is 3.58. The quantitative estimate of drug-likeness (QED) is 0.438. The first-order valence-corrected chi connectivity index (χ1v) is 9.73. The van der Waals surface area contributed by atoms with Gasteiger partial charge in [-0.15, -0.1) is 0 Å². The first kappa shape index (κ1) is 20.3. The Hall–Kier alpha value is -3.94. The largest absolute Gasteiger partial charge is 0.481 e. The summed E-state index contributed by atoms with van der Waals surface area (Å²) in [7, 11) is 0. The van der Waals surface area contributed by atoms with Crippen LogP contribution in [0.15, 0.2) is 48.5 Å². The number of aryl methyl sites for hydroxylation is 1. The Morgan fingerprint density at radius 3 is 2.58 bits per heavy atom. The van der Waals surface area contributed by atoms with E-state index in [4.69, 9.17) is 5.11 Å². The molecule has 4 aromatic rings. The molecule has 0 radical (unpaired) electrons. The van der Waals surface area contributed by atoms with E-state index in [1.165, 1.54) is 12.1 Å². The molecule has 0 saturated carbocycles. The maximum absolute atomic E-state index is 13.3. The molecule has 0 unspecified atom stereocenters. The number of carboxylic acids is 1. The number of carbonyl (C=O) groups excluding carboxylic acids is 1. The van der Waals surface area contributed by atoms with E-state index in [1.54, 1.807) is 35.9 Å². The molecule has 31 heavy (non-hydrogen) atoms. The molecule has 0 aliphatic rings. The molecule has 0 fully saturated rings. The number of benzene rings is 2. The zero-order valence-corrected chi connectivity index (χ0v) is 17.1. The van der Waals surface area contributed by atoms with Crippen molar-refractivity contribution in [3.05, 3.63) is 82.6 Å². The minimum atomic E-state index is -0.883. The number of aromatic nitrogens is 3. The molecule has 1 amide bonds. The summed E-state index contributed by atoms with van der Waals surface area (Å²) in [6.45, 7) is 4.16. The zero-order chi connectivity index (χ0) is 22.1. The molecule has 4 rings (SSSR count). The highest BCUT2D eigenvalue weighted by molar-refractivity contribution is 6.05. The Morgan fingerprint density at radius 1 is 1.13 bits per heavy atom. The van der Waals surface area contributed by atoms with Crippen LogP contribution in [-0.4, -0.2) is 31.7 Å². The summed E-state index contributed by atoms with van der Waals surface area (Å²) in [6.07, 6.45) is -0.0525. The van der Waals surface area contributed by atoms with Crippen LogP contribution in [0.2, 0.25) is 0 Å². The summed E-state index contributed by atoms with van der Waals surface area (Å²) in [4.78, 5) is 26.5. The van der Waals surface area contributed by atoms with Crippen molar-refractivity contribution in [2.24, 2.45) is 0 Å². The SMILES string of the molecule is Cc1nn(Cc2ccc(NC(=O)c3cc4ccc(F)cc4[nH]3)cc2)c(C)c1CC(=O)O. The van der Waals surface area contributed by atoms with Crippen LogP contribution in [0.4, 0.5) is 10.1 Å². The van der Waals surface area contributed by atoms with Gasteiger partial charge in [0.1, 0.15) is 11.5 Å². The number of aromatic amines is 1. The number of hydrogen-bond acceptors (Lipinski definition) is 3. The van der Waals surface area contributed by atoms with Crippen molar-refractivity contribution in [1.29, 1.82) is 0 Å². The highest BCUT2D eigenvalue weighted by atomic mass is 19.1. The fourth-order valence-corrected chi connectivity index (χ4v) is 3.58. The van der Waals surface area contributed by atoms with E-state index in [-0.39, 0.29) is 18.1 Å². The van der Waals surface area contributed by atoms with Crippen molar-refractivity contribution in [3.63, 3.8) is 0 Å². The number of fused-ring (bicyclic) bond motifs is 1. The third kappa shape index (κ3) is 4.32. The molecule has 0 aliphatic heterocycles. The molecule has 0 atom stereocenters. The summed E-state index contributed by atoms with van der Waals surface area (Å²) in [5.74, 6) is -1.57. The van der Waals surface area contributed by atoms with Gasteiger partial charge in [-0.05, 0) is 55.8 Å². The average molecular weight is 420 g/mol. The average Bonchev–Trinajstić information content (AvgIpc) is 3.25. The second kappa shape index (κ2) is 8.06. The van der Waals surface area contributed by atoms with Crippen molar-refractivity contribution in [1.82, 2.24) is 14.8 Å². The number of amides is 1. The maximum atomic E-state index is 13.3. The summed E-state index contributed by atoms with van der Waals surface area (Å²) in [5.41, 5.74) is 4.76. The predicted octanol–water partition coefficient (Wildman–Crippen LogP) is 4.05. The topological polar surface area (TPSA) is 100 Å². The standard InChI is InChI=1S/C23H21FN4O3/c1-13-19(11-22(29)30)14(2)28(27-13)12-15-3-7-18(8-4-15)25-23(31)21-9-16-5-6-17(24)10-20(16)26-21/h3-10,26H,11-12H2,1-2H3,(H,25,31)(H,29,30). The molecule has 0 aliphatic carbocycles. The van der Waals surface area contributed by atoms with E-state index in [9.17, 15) is 14.0 Å². The van der Waals surface area contributed by atoms with Crippen LogP contribution in [-0.2, 0) is 17.8 Å². The Morgan fingerprint density at radius 2 is 1.87 bits per heavy atom. The molecule has 0 spiro atoms. The number of anilines is 1. The molecular weight excluding hydrogens is 399 g/mol. The van der Waals surface area contributed by atoms with Crippen molar-refractivity contribution in [3.8, 4) is 0 Å². The lowest BCUT2D eigenvalue weighted by Gasteiger charge is -2.08. The van der Waals surface area contributed by atoms with E-state index >= 15 is 0 Å². The van der Waals surface area contributed by atoms with E-state index in [0.29, 0.717) is 29.1 Å². The molecule has 7 nitrogen and oxygen atoms in total. The van der Waals surface area contributed by atoms with Gasteiger partial charge < -0.3 is 15.4 Å². The number of carbonyl (C=O) groups is 2. The Balaban J connectivity index is 1.45. The Bertz CT molecular complexity index is 1290. The first-order valence-electron chi connectivity index (χ1n) is 9.73. The predicted molar refractivity (Wildman–Crippen MR) is 115 cm³/mol. The number of halogens is 1. The number of carboxylic acid groups (broad SMARTS) is 1. The van der Waals surface area contributed by atoms with Gasteiger partial charge in [-0.25, -0.2) is 4.39 Å². The lowest BCUT2D eigenvalue weighted by Crippen LogP contribution is -2.12. The zero-order valence-electron chi connectivity index (χ0n) is 17.1. The molecule has 0 bridgehead atoms. The molecule has 8 heteroatoms. The summed E-state index contributed by atoms with van der Waals surface area (Å²) in [6, 6.07) is 13.3. The lowest BCUT2D eigenvalue weighted by molar-refractivity contribution is -0.136. The summed E-state index contributed by atoms with van der Waals surface area (Å²) < 4.78 is 15.1. The number of H-pyrrole nitrogens is 1. The van der Waals surface area contributed by atoms with Crippen molar-refractivity contribution < 1.29 is 19.1 Å². The smallest absolute Gasteiger partial charge is 0.307 e. The normalized spacial score (nSPS) is 11.1. The van der Waals surface area contributed by atoms with Gasteiger partial charge in [-0.2, -0.15) is 5.10 Å². The highest BCUT2D eigenvalue weighted by Gasteiger charge is 2.15. The van der Waals surface area contributed by atoms with Gasteiger partial charge in [0.05, 0.1) is 18.7 Å². The van der Waals surface area contributed by atoms with Crippen LogP contribution in [0.3, 0.4) is 0 Å². The minimum absolute atomic E-state index is 0.0525. The second-order valence-corrected chi connectivity index (χ2v) is 7.44.